The maximum absolute atomic E-state index is 13.5. The predicted molar refractivity (Wildman–Crippen MR) is 133 cm³/mol. The number of fused-ring (bicyclic) bond motifs is 5. The van der Waals surface area contributed by atoms with Crippen molar-refractivity contribution in [1.29, 1.82) is 0 Å². The van der Waals surface area contributed by atoms with E-state index in [-0.39, 0.29) is 12.0 Å². The Morgan fingerprint density at radius 1 is 1.08 bits per heavy atom. The number of rotatable bonds is 3. The van der Waals surface area contributed by atoms with Gasteiger partial charge in [-0.25, -0.2) is 4.79 Å². The first kappa shape index (κ1) is 26.4. The second kappa shape index (κ2) is 8.90. The van der Waals surface area contributed by atoms with Crippen LogP contribution < -0.4 is 0 Å². The smallest absolute Gasteiger partial charge is 0.338 e. The van der Waals surface area contributed by atoms with Gasteiger partial charge in [0.1, 0.15) is 17.8 Å². The Labute approximate surface area is 217 Å². The molecule has 5 rings (SSSR count). The van der Waals surface area contributed by atoms with Crippen molar-refractivity contribution in [2.24, 2.45) is 22.7 Å². The molecular weight excluding hydrogens is 476 g/mol. The van der Waals surface area contributed by atoms with Crippen molar-refractivity contribution in [2.45, 2.75) is 90.0 Å². The van der Waals surface area contributed by atoms with E-state index < -0.39 is 58.7 Å². The standard InChI is InChI=1S/C29H38O8/c1-15-11-12-29(34)25(37-26(33)17-9-7-6-8-10-17)22-18-14-35-19(18)13-20(31)28(22,5)24(32)23(36-16(2)30)21(15)27(29,3)4/h6-10,18-20,22-25,31-32,34H,11-14H2,1-5H3/t18-,19-,20+,22-,23-,24-,25+,28-,29-/m1/s1. The largest absolute Gasteiger partial charge is 0.455 e. The summed E-state index contributed by atoms with van der Waals surface area (Å²) in [6, 6.07) is 8.62. The third-order valence-corrected chi connectivity index (χ3v) is 9.97. The van der Waals surface area contributed by atoms with Gasteiger partial charge >= 0.3 is 11.9 Å². The van der Waals surface area contributed by atoms with Gasteiger partial charge in [0.05, 0.1) is 24.4 Å². The summed E-state index contributed by atoms with van der Waals surface area (Å²) in [6.07, 6.45) is -3.66. The van der Waals surface area contributed by atoms with Gasteiger partial charge in [-0.1, -0.05) is 44.5 Å². The zero-order valence-corrected chi connectivity index (χ0v) is 22.1. The quantitative estimate of drug-likeness (QED) is 0.416. The Bertz CT molecular complexity index is 1110. The lowest BCUT2D eigenvalue weighted by Crippen LogP contribution is -2.75. The highest BCUT2D eigenvalue weighted by Gasteiger charge is 2.71. The van der Waals surface area contributed by atoms with Crippen LogP contribution in [-0.4, -0.2) is 70.0 Å². The topological polar surface area (TPSA) is 123 Å². The lowest BCUT2D eigenvalue weighted by molar-refractivity contribution is -0.303. The fraction of sp³-hybridized carbons (Fsp3) is 0.655. The Morgan fingerprint density at radius 2 is 1.76 bits per heavy atom. The number of allylic oxidation sites excluding steroid dienone is 1. The van der Waals surface area contributed by atoms with Crippen molar-refractivity contribution in [3.63, 3.8) is 0 Å². The molecule has 0 amide bonds. The minimum Gasteiger partial charge on any atom is -0.455 e. The Kier molecular flexibility index (Phi) is 6.34. The molecule has 4 aliphatic rings. The highest BCUT2D eigenvalue weighted by Crippen LogP contribution is 2.63. The van der Waals surface area contributed by atoms with Crippen molar-refractivity contribution in [3.8, 4) is 0 Å². The van der Waals surface area contributed by atoms with E-state index in [2.05, 4.69) is 0 Å². The van der Waals surface area contributed by atoms with Gasteiger partial charge in [0.2, 0.25) is 0 Å². The average Bonchev–Trinajstić information content (AvgIpc) is 2.83. The summed E-state index contributed by atoms with van der Waals surface area (Å²) in [6.45, 7) is 9.04. The molecular formula is C29H38O8. The van der Waals surface area contributed by atoms with Gasteiger partial charge < -0.3 is 29.5 Å². The number of esters is 2. The molecule has 1 aromatic rings. The maximum Gasteiger partial charge on any atom is 0.338 e. The Balaban J connectivity index is 1.73. The summed E-state index contributed by atoms with van der Waals surface area (Å²) in [4.78, 5) is 25.8. The number of benzene rings is 1. The molecule has 1 aliphatic heterocycles. The summed E-state index contributed by atoms with van der Waals surface area (Å²) in [7, 11) is 0. The van der Waals surface area contributed by atoms with E-state index in [4.69, 9.17) is 14.2 Å². The van der Waals surface area contributed by atoms with Gasteiger partial charge in [0.15, 0.2) is 6.10 Å². The van der Waals surface area contributed by atoms with Crippen molar-refractivity contribution in [3.05, 3.63) is 47.0 Å². The Morgan fingerprint density at radius 3 is 2.35 bits per heavy atom. The van der Waals surface area contributed by atoms with Crippen LogP contribution >= 0.6 is 0 Å². The second-order valence-corrected chi connectivity index (χ2v) is 12.1. The number of ether oxygens (including phenoxy) is 3. The summed E-state index contributed by atoms with van der Waals surface area (Å²) < 4.78 is 17.9. The van der Waals surface area contributed by atoms with Crippen LogP contribution in [-0.2, 0) is 19.0 Å². The van der Waals surface area contributed by atoms with Gasteiger partial charge in [0.25, 0.3) is 0 Å². The summed E-state index contributed by atoms with van der Waals surface area (Å²) in [5.41, 5.74) is -1.98. The van der Waals surface area contributed by atoms with E-state index >= 15 is 0 Å². The molecule has 1 aromatic carbocycles. The average molecular weight is 515 g/mol. The zero-order chi connectivity index (χ0) is 26.9. The second-order valence-electron chi connectivity index (χ2n) is 12.1. The number of aliphatic hydroxyl groups excluding tert-OH is 2. The molecule has 9 atom stereocenters. The summed E-state index contributed by atoms with van der Waals surface area (Å²) >= 11 is 0. The SMILES string of the molecule is CC(=O)O[C@@H]1C2=C(C)CC[C@@](O)([C@@H](OC(=O)c3ccccc3)[C@H]3[C@@H]4CO[C@@H]4C[C@H](O)[C@@]3(C)[C@@H]1O)C2(C)C. The first-order valence-electron chi connectivity index (χ1n) is 13.2. The highest BCUT2D eigenvalue weighted by molar-refractivity contribution is 5.89. The van der Waals surface area contributed by atoms with Gasteiger partial charge in [0, 0.05) is 36.0 Å². The van der Waals surface area contributed by atoms with Crippen LogP contribution in [0.15, 0.2) is 41.5 Å². The van der Waals surface area contributed by atoms with E-state index in [9.17, 15) is 24.9 Å². The van der Waals surface area contributed by atoms with E-state index in [0.29, 0.717) is 37.0 Å². The highest BCUT2D eigenvalue weighted by atomic mass is 16.6. The van der Waals surface area contributed by atoms with E-state index in [1.54, 1.807) is 37.3 Å². The lowest BCUT2D eigenvalue weighted by atomic mass is 9.45. The number of hydrogen-bond donors (Lipinski definition) is 3. The molecule has 2 saturated carbocycles. The monoisotopic (exact) mass is 514 g/mol. The molecule has 0 spiro atoms. The van der Waals surface area contributed by atoms with E-state index in [1.165, 1.54) is 6.92 Å². The molecule has 0 aromatic heterocycles. The van der Waals surface area contributed by atoms with Crippen LogP contribution in [0.3, 0.4) is 0 Å². The normalized spacial score (nSPS) is 42.3. The zero-order valence-electron chi connectivity index (χ0n) is 22.1. The molecule has 37 heavy (non-hydrogen) atoms. The van der Waals surface area contributed by atoms with Crippen molar-refractivity contribution in [1.82, 2.24) is 0 Å². The first-order chi connectivity index (χ1) is 17.3. The molecule has 3 fully saturated rings. The lowest BCUT2D eigenvalue weighted by Gasteiger charge is -2.66. The minimum atomic E-state index is -1.56. The molecule has 3 N–H and O–H groups in total. The van der Waals surface area contributed by atoms with Crippen LogP contribution in [0, 0.1) is 22.7 Å². The van der Waals surface area contributed by atoms with E-state index in [0.717, 1.165) is 5.57 Å². The van der Waals surface area contributed by atoms with Gasteiger partial charge in [-0.15, -0.1) is 0 Å². The van der Waals surface area contributed by atoms with Crippen molar-refractivity contribution >= 4 is 11.9 Å². The number of hydrogen-bond acceptors (Lipinski definition) is 8. The van der Waals surface area contributed by atoms with Crippen LogP contribution in [0.4, 0.5) is 0 Å². The fourth-order valence-electron chi connectivity index (χ4n) is 7.72. The molecule has 1 heterocycles. The molecule has 8 nitrogen and oxygen atoms in total. The van der Waals surface area contributed by atoms with Crippen LogP contribution in [0.25, 0.3) is 0 Å². The van der Waals surface area contributed by atoms with Gasteiger partial charge in [-0.2, -0.15) is 0 Å². The predicted octanol–water partition coefficient (Wildman–Crippen LogP) is 2.79. The molecule has 0 radical (unpaired) electrons. The Hall–Kier alpha value is -2.26. The minimum absolute atomic E-state index is 0.164. The first-order valence-corrected chi connectivity index (χ1v) is 13.2. The van der Waals surface area contributed by atoms with Crippen LogP contribution in [0.1, 0.15) is 64.2 Å². The molecule has 0 unspecified atom stereocenters. The third kappa shape index (κ3) is 3.71. The summed E-state index contributed by atoms with van der Waals surface area (Å²) in [5.74, 6) is -1.95. The van der Waals surface area contributed by atoms with Crippen LogP contribution in [0.2, 0.25) is 0 Å². The molecule has 8 heteroatoms. The molecule has 2 bridgehead atoms. The molecule has 202 valence electrons. The van der Waals surface area contributed by atoms with Crippen LogP contribution in [0.5, 0.6) is 0 Å². The summed E-state index contributed by atoms with van der Waals surface area (Å²) in [5, 5.41) is 36.2. The third-order valence-electron chi connectivity index (χ3n) is 9.97. The van der Waals surface area contributed by atoms with Crippen molar-refractivity contribution < 1.29 is 39.1 Å². The molecule has 1 saturated heterocycles. The van der Waals surface area contributed by atoms with Gasteiger partial charge in [-0.05, 0) is 37.5 Å². The van der Waals surface area contributed by atoms with Crippen molar-refractivity contribution in [2.75, 3.05) is 6.61 Å². The van der Waals surface area contributed by atoms with E-state index in [1.807, 2.05) is 20.8 Å². The maximum atomic E-state index is 13.5. The number of carbonyl (C=O) groups excluding carboxylic acids is 2. The number of carbonyl (C=O) groups is 2. The fourth-order valence-corrected chi connectivity index (χ4v) is 7.72. The van der Waals surface area contributed by atoms with Gasteiger partial charge in [-0.3, -0.25) is 4.79 Å². The molecule has 3 aliphatic carbocycles. The number of aliphatic hydroxyl groups is 3.